The topological polar surface area (TPSA) is 49.9 Å². The molecule has 4 rings (SSSR count). The number of hydrogen-bond acceptors (Lipinski definition) is 4. The summed E-state index contributed by atoms with van der Waals surface area (Å²) in [5.41, 5.74) is 4.58. The first kappa shape index (κ1) is 14.7. The van der Waals surface area contributed by atoms with E-state index in [1.165, 1.54) is 19.2 Å². The molecule has 0 unspecified atom stereocenters. The van der Waals surface area contributed by atoms with Crippen molar-refractivity contribution in [3.63, 3.8) is 0 Å². The smallest absolute Gasteiger partial charge is 0.145 e. The zero-order valence-corrected chi connectivity index (χ0v) is 13.7. The van der Waals surface area contributed by atoms with E-state index in [0.29, 0.717) is 11.4 Å². The first-order valence-corrected chi connectivity index (χ1v) is 8.30. The predicted octanol–water partition coefficient (Wildman–Crippen LogP) is 5.18. The van der Waals surface area contributed by atoms with Gasteiger partial charge in [0.1, 0.15) is 17.2 Å². The minimum atomic E-state index is -0.336. The van der Waals surface area contributed by atoms with Gasteiger partial charge >= 0.3 is 0 Å². The molecule has 0 saturated heterocycles. The summed E-state index contributed by atoms with van der Waals surface area (Å²) >= 11 is 1.65. The Morgan fingerprint density at radius 1 is 1.21 bits per heavy atom. The van der Waals surface area contributed by atoms with E-state index in [9.17, 15) is 4.39 Å². The molecule has 4 aromatic rings. The molecule has 24 heavy (non-hydrogen) atoms. The fourth-order valence-electron chi connectivity index (χ4n) is 2.73. The lowest BCUT2D eigenvalue weighted by Crippen LogP contribution is -1.95. The molecule has 0 amide bonds. The Morgan fingerprint density at radius 3 is 2.92 bits per heavy atom. The number of fused-ring (bicyclic) bond motifs is 1. The van der Waals surface area contributed by atoms with Gasteiger partial charge in [-0.15, -0.1) is 0 Å². The van der Waals surface area contributed by atoms with Gasteiger partial charge in [0.25, 0.3) is 0 Å². The van der Waals surface area contributed by atoms with Gasteiger partial charge < -0.3 is 15.0 Å². The molecule has 0 atom stereocenters. The summed E-state index contributed by atoms with van der Waals surface area (Å²) in [6, 6.07) is 8.49. The second-order valence-electron chi connectivity index (χ2n) is 5.27. The van der Waals surface area contributed by atoms with Gasteiger partial charge in [-0.2, -0.15) is 11.3 Å². The van der Waals surface area contributed by atoms with Crippen molar-refractivity contribution in [2.75, 3.05) is 12.4 Å². The van der Waals surface area contributed by atoms with Crippen LogP contribution >= 0.6 is 11.3 Å². The number of pyridine rings is 1. The lowest BCUT2D eigenvalue weighted by Gasteiger charge is -2.11. The van der Waals surface area contributed by atoms with Gasteiger partial charge in [0.2, 0.25) is 0 Å². The number of aromatic nitrogens is 2. The molecule has 3 heterocycles. The molecule has 0 saturated carbocycles. The van der Waals surface area contributed by atoms with Crippen LogP contribution in [0.1, 0.15) is 0 Å². The number of anilines is 2. The van der Waals surface area contributed by atoms with Crippen molar-refractivity contribution < 1.29 is 9.13 Å². The molecule has 1 aromatic carbocycles. The van der Waals surface area contributed by atoms with Gasteiger partial charge in [-0.25, -0.2) is 9.37 Å². The van der Waals surface area contributed by atoms with Gasteiger partial charge in [0, 0.05) is 18.5 Å². The normalized spacial score (nSPS) is 10.9. The van der Waals surface area contributed by atoms with Crippen LogP contribution in [0.25, 0.3) is 22.2 Å². The van der Waals surface area contributed by atoms with Gasteiger partial charge in [0.05, 0.1) is 23.9 Å². The number of methoxy groups -OCH3 is 1. The molecule has 0 fully saturated rings. The highest BCUT2D eigenvalue weighted by Crippen LogP contribution is 2.37. The van der Waals surface area contributed by atoms with Crippen LogP contribution < -0.4 is 10.1 Å². The van der Waals surface area contributed by atoms with Crippen molar-refractivity contribution in [3.8, 4) is 16.9 Å². The third-order valence-electron chi connectivity index (χ3n) is 3.84. The molecule has 3 aromatic heterocycles. The second-order valence-corrected chi connectivity index (χ2v) is 6.05. The maximum absolute atomic E-state index is 13.4. The summed E-state index contributed by atoms with van der Waals surface area (Å²) in [4.78, 5) is 7.56. The number of aromatic amines is 1. The number of ether oxygens (including phenoxy) is 1. The largest absolute Gasteiger partial charge is 0.494 e. The maximum atomic E-state index is 13.4. The van der Waals surface area contributed by atoms with Gasteiger partial charge in [-0.05, 0) is 46.2 Å². The Bertz CT molecular complexity index is 995. The highest BCUT2D eigenvalue weighted by molar-refractivity contribution is 7.08. The average molecular weight is 339 g/mol. The molecule has 4 nitrogen and oxygen atoms in total. The van der Waals surface area contributed by atoms with Gasteiger partial charge in [-0.3, -0.25) is 0 Å². The Morgan fingerprint density at radius 2 is 2.12 bits per heavy atom. The summed E-state index contributed by atoms with van der Waals surface area (Å²) in [6.45, 7) is 0. The highest BCUT2D eigenvalue weighted by Gasteiger charge is 2.13. The summed E-state index contributed by atoms with van der Waals surface area (Å²) in [5, 5.41) is 8.45. The van der Waals surface area contributed by atoms with E-state index in [1.807, 2.05) is 17.6 Å². The molecule has 120 valence electrons. The second kappa shape index (κ2) is 5.98. The number of thiophene rings is 1. The van der Waals surface area contributed by atoms with E-state index >= 15 is 0 Å². The first-order valence-electron chi connectivity index (χ1n) is 7.35. The Labute approximate surface area is 141 Å². The summed E-state index contributed by atoms with van der Waals surface area (Å²) in [6.07, 6.45) is 3.64. The zero-order chi connectivity index (χ0) is 16.5. The average Bonchev–Trinajstić information content (AvgIpc) is 3.26. The van der Waals surface area contributed by atoms with Crippen LogP contribution in [0.4, 0.5) is 15.8 Å². The van der Waals surface area contributed by atoms with Crippen molar-refractivity contribution in [3.05, 3.63) is 59.3 Å². The van der Waals surface area contributed by atoms with Crippen LogP contribution in [0.3, 0.4) is 0 Å². The number of benzene rings is 1. The molecule has 0 aliphatic heterocycles. The lowest BCUT2D eigenvalue weighted by atomic mass is 10.1. The van der Waals surface area contributed by atoms with E-state index in [1.54, 1.807) is 23.6 Å². The predicted molar refractivity (Wildman–Crippen MR) is 95.6 cm³/mol. The standard InChI is InChI=1S/C18H14FN3OS/c1-23-16-8-12(19)2-3-14(16)22-15-9-21-18-17(15)13(4-6-20-18)11-5-7-24-10-11/h2-10,22H,1H3,(H,20,21). The van der Waals surface area contributed by atoms with Crippen molar-refractivity contribution in [1.29, 1.82) is 0 Å². The molecule has 0 aliphatic rings. The molecular formula is C18H14FN3OS. The van der Waals surface area contributed by atoms with Crippen LogP contribution in [-0.4, -0.2) is 17.1 Å². The SMILES string of the molecule is COc1cc(F)ccc1Nc1c[nH]c2nccc(-c3ccsc3)c12. The molecule has 6 heteroatoms. The van der Waals surface area contributed by atoms with E-state index in [0.717, 1.165) is 27.8 Å². The van der Waals surface area contributed by atoms with Crippen molar-refractivity contribution in [2.24, 2.45) is 0 Å². The van der Waals surface area contributed by atoms with Crippen LogP contribution in [0, 0.1) is 5.82 Å². The number of nitrogens with zero attached hydrogens (tertiary/aromatic N) is 1. The molecule has 0 aliphatic carbocycles. The van der Waals surface area contributed by atoms with E-state index in [4.69, 9.17) is 4.74 Å². The fraction of sp³-hybridized carbons (Fsp3) is 0.0556. The number of rotatable bonds is 4. The van der Waals surface area contributed by atoms with Crippen molar-refractivity contribution >= 4 is 33.7 Å². The summed E-state index contributed by atoms with van der Waals surface area (Å²) in [5.74, 6) is 0.113. The van der Waals surface area contributed by atoms with E-state index in [2.05, 4.69) is 26.7 Å². The monoisotopic (exact) mass is 339 g/mol. The molecular weight excluding hydrogens is 325 g/mol. The maximum Gasteiger partial charge on any atom is 0.145 e. The Hall–Kier alpha value is -2.86. The van der Waals surface area contributed by atoms with Crippen LogP contribution in [-0.2, 0) is 0 Å². The number of H-pyrrole nitrogens is 1. The number of nitrogens with one attached hydrogen (secondary N) is 2. The quantitative estimate of drug-likeness (QED) is 0.538. The lowest BCUT2D eigenvalue weighted by molar-refractivity contribution is 0.413. The zero-order valence-electron chi connectivity index (χ0n) is 12.8. The number of halogens is 1. The molecule has 2 N–H and O–H groups in total. The summed E-state index contributed by atoms with van der Waals surface area (Å²) < 4.78 is 18.7. The van der Waals surface area contributed by atoms with E-state index < -0.39 is 0 Å². The van der Waals surface area contributed by atoms with Crippen LogP contribution in [0.2, 0.25) is 0 Å². The van der Waals surface area contributed by atoms with Crippen molar-refractivity contribution in [2.45, 2.75) is 0 Å². The molecule has 0 radical (unpaired) electrons. The first-order chi connectivity index (χ1) is 11.8. The van der Waals surface area contributed by atoms with Crippen molar-refractivity contribution in [1.82, 2.24) is 9.97 Å². The third kappa shape index (κ3) is 2.51. The number of hydrogen-bond donors (Lipinski definition) is 2. The minimum Gasteiger partial charge on any atom is -0.494 e. The van der Waals surface area contributed by atoms with Crippen LogP contribution in [0.5, 0.6) is 5.75 Å². The Kier molecular flexibility index (Phi) is 3.66. The van der Waals surface area contributed by atoms with Gasteiger partial charge in [-0.1, -0.05) is 0 Å². The molecule has 0 spiro atoms. The highest BCUT2D eigenvalue weighted by atomic mass is 32.1. The minimum absolute atomic E-state index is 0.336. The summed E-state index contributed by atoms with van der Waals surface area (Å²) in [7, 11) is 1.52. The fourth-order valence-corrected chi connectivity index (χ4v) is 3.38. The Balaban J connectivity index is 1.84. The third-order valence-corrected chi connectivity index (χ3v) is 4.52. The van der Waals surface area contributed by atoms with Gasteiger partial charge in [0.15, 0.2) is 0 Å². The van der Waals surface area contributed by atoms with Crippen LogP contribution in [0.15, 0.2) is 53.5 Å². The van der Waals surface area contributed by atoms with E-state index in [-0.39, 0.29) is 5.82 Å². The molecule has 0 bridgehead atoms.